The summed E-state index contributed by atoms with van der Waals surface area (Å²) in [6.45, 7) is 1.28. The highest BCUT2D eigenvalue weighted by Gasteiger charge is 2.24. The summed E-state index contributed by atoms with van der Waals surface area (Å²) in [5.74, 6) is -0.356. The molecule has 0 saturated heterocycles. The molecule has 0 spiro atoms. The Kier molecular flexibility index (Phi) is 4.51. The van der Waals surface area contributed by atoms with Gasteiger partial charge in [0.05, 0.1) is 4.92 Å². The van der Waals surface area contributed by atoms with Crippen molar-refractivity contribution in [2.24, 2.45) is 0 Å². The minimum Gasteiger partial charge on any atom is -0.452 e. The summed E-state index contributed by atoms with van der Waals surface area (Å²) in [5, 5.41) is 14.9. The molecule has 0 bridgehead atoms. The van der Waals surface area contributed by atoms with Crippen molar-refractivity contribution in [3.05, 3.63) is 75.7 Å². The number of nitrogens with zero attached hydrogens (tertiary/aromatic N) is 3. The maximum atomic E-state index is 12.2. The number of carbonyl (C=O) groups excluding carboxylic acids is 1. The first-order valence-corrected chi connectivity index (χ1v) is 7.35. The van der Waals surface area contributed by atoms with Crippen molar-refractivity contribution in [2.45, 2.75) is 13.5 Å². The van der Waals surface area contributed by atoms with Gasteiger partial charge in [-0.05, 0) is 13.0 Å². The number of benzene rings is 2. The number of ether oxygens (including phenoxy) is 1. The molecule has 0 aliphatic carbocycles. The van der Waals surface area contributed by atoms with Crippen molar-refractivity contribution in [2.75, 3.05) is 0 Å². The summed E-state index contributed by atoms with van der Waals surface area (Å²) in [6, 6.07) is 13.6. The summed E-state index contributed by atoms with van der Waals surface area (Å²) in [6.07, 6.45) is 0. The van der Waals surface area contributed by atoms with Gasteiger partial charge in [0.15, 0.2) is 6.61 Å². The van der Waals surface area contributed by atoms with Gasteiger partial charge < -0.3 is 9.26 Å². The van der Waals surface area contributed by atoms with E-state index in [0.29, 0.717) is 11.4 Å². The first-order chi connectivity index (χ1) is 12.1. The third-order valence-corrected chi connectivity index (χ3v) is 3.47. The Bertz CT molecular complexity index is 921. The summed E-state index contributed by atoms with van der Waals surface area (Å²) >= 11 is 0. The van der Waals surface area contributed by atoms with Crippen molar-refractivity contribution in [1.29, 1.82) is 0 Å². The van der Waals surface area contributed by atoms with Crippen LogP contribution in [0.2, 0.25) is 0 Å². The second-order valence-electron chi connectivity index (χ2n) is 5.18. The van der Waals surface area contributed by atoms with Crippen LogP contribution in [0.15, 0.2) is 53.1 Å². The Morgan fingerprint density at radius 2 is 1.96 bits per heavy atom. The minimum absolute atomic E-state index is 0.0995. The Balaban J connectivity index is 1.73. The fourth-order valence-electron chi connectivity index (χ4n) is 2.29. The Hall–Kier alpha value is -3.55. The SMILES string of the molecule is Cc1cccc(C(=O)OCc2nc(-c3ccccc3)no2)c1[N+](=O)[O-]. The molecule has 25 heavy (non-hydrogen) atoms. The molecule has 0 saturated carbocycles. The fourth-order valence-corrected chi connectivity index (χ4v) is 2.29. The quantitative estimate of drug-likeness (QED) is 0.398. The number of hydrogen-bond acceptors (Lipinski definition) is 7. The predicted molar refractivity (Wildman–Crippen MR) is 86.7 cm³/mol. The second kappa shape index (κ2) is 6.91. The first-order valence-electron chi connectivity index (χ1n) is 7.35. The van der Waals surface area contributed by atoms with E-state index in [0.717, 1.165) is 5.56 Å². The van der Waals surface area contributed by atoms with E-state index < -0.39 is 10.9 Å². The van der Waals surface area contributed by atoms with Gasteiger partial charge in [-0.1, -0.05) is 47.6 Å². The lowest BCUT2D eigenvalue weighted by atomic mass is 10.1. The number of aromatic nitrogens is 2. The molecule has 0 radical (unpaired) electrons. The van der Waals surface area contributed by atoms with Crippen LogP contribution in [-0.4, -0.2) is 21.0 Å². The number of carbonyl (C=O) groups is 1. The van der Waals surface area contributed by atoms with Gasteiger partial charge in [0.25, 0.3) is 11.6 Å². The second-order valence-corrected chi connectivity index (χ2v) is 5.18. The lowest BCUT2D eigenvalue weighted by Crippen LogP contribution is -2.09. The van der Waals surface area contributed by atoms with Gasteiger partial charge in [0.1, 0.15) is 5.56 Å². The Morgan fingerprint density at radius 3 is 2.68 bits per heavy atom. The normalized spacial score (nSPS) is 10.4. The molecule has 0 atom stereocenters. The van der Waals surface area contributed by atoms with Gasteiger partial charge in [-0.15, -0.1) is 0 Å². The maximum Gasteiger partial charge on any atom is 0.345 e. The summed E-state index contributed by atoms with van der Waals surface area (Å²) < 4.78 is 10.1. The Morgan fingerprint density at radius 1 is 1.20 bits per heavy atom. The summed E-state index contributed by atoms with van der Waals surface area (Å²) in [7, 11) is 0. The van der Waals surface area contributed by atoms with E-state index in [1.54, 1.807) is 19.1 Å². The summed E-state index contributed by atoms with van der Waals surface area (Å²) in [4.78, 5) is 26.8. The first kappa shape index (κ1) is 16.3. The molecule has 1 aromatic heterocycles. The van der Waals surface area contributed by atoms with E-state index >= 15 is 0 Å². The number of para-hydroxylation sites is 1. The smallest absolute Gasteiger partial charge is 0.345 e. The average molecular weight is 339 g/mol. The van der Waals surface area contributed by atoms with Crippen LogP contribution in [0, 0.1) is 17.0 Å². The van der Waals surface area contributed by atoms with Crippen molar-refractivity contribution >= 4 is 11.7 Å². The summed E-state index contributed by atoms with van der Waals surface area (Å²) in [5.41, 5.74) is 0.748. The zero-order valence-corrected chi connectivity index (χ0v) is 13.2. The highest BCUT2D eigenvalue weighted by Crippen LogP contribution is 2.24. The van der Waals surface area contributed by atoms with Crippen LogP contribution >= 0.6 is 0 Å². The van der Waals surface area contributed by atoms with Gasteiger partial charge >= 0.3 is 5.97 Å². The molecule has 0 fully saturated rings. The highest BCUT2D eigenvalue weighted by atomic mass is 16.6. The fraction of sp³-hybridized carbons (Fsp3) is 0.118. The Labute approximate surface area is 142 Å². The van der Waals surface area contributed by atoms with Crippen molar-refractivity contribution in [1.82, 2.24) is 10.1 Å². The zero-order chi connectivity index (χ0) is 17.8. The molecule has 8 nitrogen and oxygen atoms in total. The number of rotatable bonds is 5. The van der Waals surface area contributed by atoms with E-state index in [2.05, 4.69) is 10.1 Å². The molecular weight excluding hydrogens is 326 g/mol. The van der Waals surface area contributed by atoms with Crippen LogP contribution in [-0.2, 0) is 11.3 Å². The van der Waals surface area contributed by atoms with Crippen LogP contribution in [0.25, 0.3) is 11.4 Å². The lowest BCUT2D eigenvalue weighted by Gasteiger charge is -2.04. The van der Waals surface area contributed by atoms with E-state index in [4.69, 9.17) is 9.26 Å². The monoisotopic (exact) mass is 339 g/mol. The van der Waals surface area contributed by atoms with Crippen LogP contribution in [0.5, 0.6) is 0 Å². The number of nitro benzene ring substituents is 1. The largest absolute Gasteiger partial charge is 0.452 e. The molecule has 2 aromatic carbocycles. The number of esters is 1. The maximum absolute atomic E-state index is 12.2. The van der Waals surface area contributed by atoms with Gasteiger partial charge in [-0.3, -0.25) is 10.1 Å². The van der Waals surface area contributed by atoms with Crippen LogP contribution in [0.1, 0.15) is 21.8 Å². The third kappa shape index (κ3) is 3.52. The number of aryl methyl sites for hydroxylation is 1. The molecule has 3 aromatic rings. The molecule has 0 aliphatic rings. The minimum atomic E-state index is -0.824. The van der Waals surface area contributed by atoms with Gasteiger partial charge in [0, 0.05) is 11.1 Å². The van der Waals surface area contributed by atoms with Gasteiger partial charge in [-0.2, -0.15) is 4.98 Å². The van der Waals surface area contributed by atoms with Crippen LogP contribution in [0.4, 0.5) is 5.69 Å². The molecule has 0 N–H and O–H groups in total. The number of hydrogen-bond donors (Lipinski definition) is 0. The van der Waals surface area contributed by atoms with Crippen molar-refractivity contribution < 1.29 is 19.0 Å². The molecule has 8 heteroatoms. The molecule has 3 rings (SSSR count). The zero-order valence-electron chi connectivity index (χ0n) is 13.2. The van der Waals surface area contributed by atoms with E-state index in [9.17, 15) is 14.9 Å². The van der Waals surface area contributed by atoms with E-state index in [1.807, 2.05) is 30.3 Å². The standard InChI is InChI=1S/C17H13N3O5/c1-11-6-5-9-13(15(11)20(22)23)17(21)24-10-14-18-16(19-25-14)12-7-3-2-4-8-12/h2-9H,10H2,1H3. The lowest BCUT2D eigenvalue weighted by molar-refractivity contribution is -0.385. The highest BCUT2D eigenvalue weighted by molar-refractivity contribution is 5.94. The molecule has 0 amide bonds. The number of nitro groups is 1. The predicted octanol–water partition coefficient (Wildman–Crippen LogP) is 3.31. The third-order valence-electron chi connectivity index (χ3n) is 3.47. The van der Waals surface area contributed by atoms with Crippen LogP contribution < -0.4 is 0 Å². The van der Waals surface area contributed by atoms with Crippen LogP contribution in [0.3, 0.4) is 0 Å². The molecule has 1 heterocycles. The molecule has 126 valence electrons. The van der Waals surface area contributed by atoms with Gasteiger partial charge in [0.2, 0.25) is 5.82 Å². The molecule has 0 aliphatic heterocycles. The molecule has 0 unspecified atom stereocenters. The van der Waals surface area contributed by atoms with E-state index in [-0.39, 0.29) is 23.7 Å². The topological polar surface area (TPSA) is 108 Å². The van der Waals surface area contributed by atoms with Gasteiger partial charge in [-0.25, -0.2) is 4.79 Å². The van der Waals surface area contributed by atoms with Crippen molar-refractivity contribution in [3.8, 4) is 11.4 Å². The van der Waals surface area contributed by atoms with Crippen molar-refractivity contribution in [3.63, 3.8) is 0 Å². The molecular formula is C17H13N3O5. The van der Waals surface area contributed by atoms with E-state index in [1.165, 1.54) is 6.07 Å². The average Bonchev–Trinajstić information content (AvgIpc) is 3.09.